The zero-order valence-corrected chi connectivity index (χ0v) is 12.8. The lowest BCUT2D eigenvalue weighted by Gasteiger charge is -2.26. The highest BCUT2D eigenvalue weighted by atomic mass is 32.3. The maximum Gasteiger partial charge on any atom is 0.183 e. The van der Waals surface area contributed by atoms with Gasteiger partial charge in [-0.05, 0) is 6.42 Å². The topological polar surface area (TPSA) is 27.7 Å². The Morgan fingerprint density at radius 2 is 1.38 bits per heavy atom. The molecule has 0 radical (unpaired) electrons. The minimum absolute atomic E-state index is 0.181. The van der Waals surface area contributed by atoms with Crippen molar-refractivity contribution in [2.45, 2.75) is 15.9 Å². The van der Waals surface area contributed by atoms with Crippen molar-refractivity contribution in [3.8, 4) is 0 Å². The van der Waals surface area contributed by atoms with E-state index in [1.54, 1.807) is 21.3 Å². The van der Waals surface area contributed by atoms with Gasteiger partial charge >= 0.3 is 0 Å². The molecule has 0 amide bonds. The Morgan fingerprint density at radius 1 is 1.00 bits per heavy atom. The molecule has 0 aromatic rings. The molecule has 0 aliphatic heterocycles. The Labute approximate surface area is 96.1 Å². The van der Waals surface area contributed by atoms with E-state index in [2.05, 4.69) is 0 Å². The largest absolute Gasteiger partial charge is 0.316 e. The van der Waals surface area contributed by atoms with Crippen molar-refractivity contribution in [1.82, 2.24) is 0 Å². The van der Waals surface area contributed by atoms with Crippen LogP contribution in [0.5, 0.6) is 0 Å². The molecular weight excluding hydrogens is 244 g/mol. The van der Waals surface area contributed by atoms with Crippen LogP contribution in [0.2, 0.25) is 6.04 Å². The van der Waals surface area contributed by atoms with Gasteiger partial charge in [0.2, 0.25) is 0 Å². The van der Waals surface area contributed by atoms with Crippen LogP contribution in [0, 0.1) is 0 Å². The lowest BCUT2D eigenvalue weighted by Crippen LogP contribution is -2.16. The Morgan fingerprint density at radius 3 is 1.62 bits per heavy atom. The highest BCUT2D eigenvalue weighted by Crippen LogP contribution is 2.50. The predicted octanol–water partition coefficient (Wildman–Crippen LogP) is 1.70. The van der Waals surface area contributed by atoms with Crippen molar-refractivity contribution in [1.29, 1.82) is 0 Å². The fraction of sp³-hybridized carbons (Fsp3) is 1.00. The van der Waals surface area contributed by atoms with Gasteiger partial charge in [-0.2, -0.15) is 0 Å². The molecule has 0 fully saturated rings. The molecule has 0 bridgehead atoms. The normalized spacial score (nSPS) is 12.2. The molecule has 13 heavy (non-hydrogen) atoms. The lowest BCUT2D eigenvalue weighted by molar-refractivity contribution is 0.460. The van der Waals surface area contributed by atoms with E-state index in [9.17, 15) is 0 Å². The summed E-state index contributed by atoms with van der Waals surface area (Å²) in [4.78, 5) is 0. The molecule has 80 valence electrons. The third kappa shape index (κ3) is 5.56. The first kappa shape index (κ1) is 14.1. The molecule has 0 aromatic heterocycles. The lowest BCUT2D eigenvalue weighted by atomic mass is 10.5. The second-order valence-corrected chi connectivity index (χ2v) is 7.55. The molecule has 0 unspecified atom stereocenters. The third-order valence-electron chi connectivity index (χ3n) is 1.19. The molecule has 3 nitrogen and oxygen atoms in total. The average molecular weight is 260 g/mol. The van der Waals surface area contributed by atoms with Crippen LogP contribution in [0.15, 0.2) is 0 Å². The van der Waals surface area contributed by atoms with Crippen LogP contribution in [0.3, 0.4) is 0 Å². The van der Waals surface area contributed by atoms with Crippen molar-refractivity contribution >= 4 is 46.4 Å². The summed E-state index contributed by atoms with van der Waals surface area (Å²) in [5.74, 6) is 0. The van der Waals surface area contributed by atoms with Gasteiger partial charge in [0, 0.05) is 46.4 Å². The van der Waals surface area contributed by atoms with Gasteiger partial charge in [-0.15, -0.1) is 0 Å². The van der Waals surface area contributed by atoms with Crippen LogP contribution < -0.4 is 0 Å². The quantitative estimate of drug-likeness (QED) is 0.375. The second kappa shape index (κ2) is 8.45. The second-order valence-electron chi connectivity index (χ2n) is 2.18. The number of rotatable bonds is 8. The fourth-order valence-corrected chi connectivity index (χ4v) is 5.87. The van der Waals surface area contributed by atoms with Gasteiger partial charge in [0.1, 0.15) is 0 Å². The van der Waals surface area contributed by atoms with E-state index >= 15 is 0 Å². The average Bonchev–Trinajstić information content (AvgIpc) is 2.06. The van der Waals surface area contributed by atoms with E-state index in [-0.39, 0.29) is 3.41 Å². The standard InChI is InChI=1S/C6H16O3S3Si/c1-7-10-6(4-5-13,11-8-2)12-9-3/h4-5H2,1-3,13H3. The SMILES string of the molecule is COSC(CC[SiH3])(SOC)SOC. The predicted molar refractivity (Wildman–Crippen MR) is 65.9 cm³/mol. The Hall–Kier alpha value is 1.15. The van der Waals surface area contributed by atoms with E-state index in [0.717, 1.165) is 6.42 Å². The van der Waals surface area contributed by atoms with Gasteiger partial charge in [0.05, 0.1) is 21.3 Å². The highest BCUT2D eigenvalue weighted by molar-refractivity contribution is 8.29. The smallest absolute Gasteiger partial charge is 0.183 e. The number of hydrogen-bond acceptors (Lipinski definition) is 6. The van der Waals surface area contributed by atoms with Crippen molar-refractivity contribution in [2.24, 2.45) is 0 Å². The molecule has 0 N–H and O–H groups in total. The van der Waals surface area contributed by atoms with E-state index in [1.807, 2.05) is 0 Å². The maximum atomic E-state index is 5.10. The minimum atomic E-state index is -0.181. The van der Waals surface area contributed by atoms with Crippen LogP contribution in [0.25, 0.3) is 0 Å². The van der Waals surface area contributed by atoms with Crippen LogP contribution >= 0.6 is 36.1 Å². The molecule has 7 heteroatoms. The summed E-state index contributed by atoms with van der Waals surface area (Å²) in [6.45, 7) is 0. The molecule has 0 saturated carbocycles. The maximum absolute atomic E-state index is 5.10. The van der Waals surface area contributed by atoms with Crippen LogP contribution in [0.1, 0.15) is 6.42 Å². The Balaban J connectivity index is 4.19. The molecule has 0 aliphatic rings. The first-order valence-corrected chi connectivity index (χ1v) is 7.54. The van der Waals surface area contributed by atoms with Crippen molar-refractivity contribution in [3.63, 3.8) is 0 Å². The fourth-order valence-electron chi connectivity index (χ4n) is 0.854. The molecule has 0 heterocycles. The highest BCUT2D eigenvalue weighted by Gasteiger charge is 2.34. The van der Waals surface area contributed by atoms with Crippen molar-refractivity contribution in [2.75, 3.05) is 21.3 Å². The summed E-state index contributed by atoms with van der Waals surface area (Å²) >= 11 is 4.19. The zero-order valence-electron chi connectivity index (χ0n) is 8.36. The first-order chi connectivity index (χ1) is 6.24. The van der Waals surface area contributed by atoms with E-state index < -0.39 is 0 Å². The monoisotopic (exact) mass is 260 g/mol. The van der Waals surface area contributed by atoms with Gasteiger partial charge in [-0.3, -0.25) is 0 Å². The van der Waals surface area contributed by atoms with Crippen molar-refractivity contribution in [3.05, 3.63) is 0 Å². The molecule has 0 aromatic carbocycles. The third-order valence-corrected chi connectivity index (χ3v) is 4.79. The molecule has 0 saturated heterocycles. The summed E-state index contributed by atoms with van der Waals surface area (Å²) in [5.41, 5.74) is 0. The molecule has 0 aliphatic carbocycles. The summed E-state index contributed by atoms with van der Waals surface area (Å²) in [6.07, 6.45) is 1.02. The van der Waals surface area contributed by atoms with Gasteiger partial charge in [0.15, 0.2) is 3.41 Å². The van der Waals surface area contributed by atoms with Gasteiger partial charge < -0.3 is 12.5 Å². The van der Waals surface area contributed by atoms with Gasteiger partial charge in [-0.25, -0.2) is 0 Å². The van der Waals surface area contributed by atoms with E-state index in [4.69, 9.17) is 12.5 Å². The van der Waals surface area contributed by atoms with Crippen molar-refractivity contribution < 1.29 is 12.5 Å². The molecule has 0 rings (SSSR count). The van der Waals surface area contributed by atoms with Gasteiger partial charge in [-0.1, -0.05) is 6.04 Å². The van der Waals surface area contributed by atoms with Crippen LogP contribution in [-0.2, 0) is 12.5 Å². The van der Waals surface area contributed by atoms with Gasteiger partial charge in [0.25, 0.3) is 0 Å². The summed E-state index contributed by atoms with van der Waals surface area (Å²) < 4.78 is 15.1. The van der Waals surface area contributed by atoms with E-state index in [0.29, 0.717) is 0 Å². The van der Waals surface area contributed by atoms with Crippen LogP contribution in [-0.4, -0.2) is 35.0 Å². The Kier molecular flexibility index (Phi) is 9.20. The van der Waals surface area contributed by atoms with E-state index in [1.165, 1.54) is 52.4 Å². The van der Waals surface area contributed by atoms with Crippen LogP contribution in [0.4, 0.5) is 0 Å². The number of hydrogen-bond donors (Lipinski definition) is 0. The zero-order chi connectivity index (χ0) is 10.2. The molecule has 0 atom stereocenters. The first-order valence-electron chi connectivity index (χ1n) is 3.90. The molecule has 0 spiro atoms. The summed E-state index contributed by atoms with van der Waals surface area (Å²) in [5, 5.41) is 0. The molecular formula is C6H16O3S3Si. The summed E-state index contributed by atoms with van der Waals surface area (Å²) in [6, 6.07) is 1.20. The minimum Gasteiger partial charge on any atom is -0.316 e. The summed E-state index contributed by atoms with van der Waals surface area (Å²) in [7, 11) is 6.18. The Bertz CT molecular complexity index is 98.2.